The molecule has 0 bridgehead atoms. The molecule has 2 aromatic rings. The number of aromatic nitrogens is 3. The molecule has 1 aromatic carbocycles. The number of benzene rings is 1. The van der Waals surface area contributed by atoms with Gasteiger partial charge in [0.2, 0.25) is 0 Å². The average molecular weight is 310 g/mol. The van der Waals surface area contributed by atoms with Crippen molar-refractivity contribution in [1.29, 1.82) is 0 Å². The molecule has 0 saturated heterocycles. The maximum Gasteiger partial charge on any atom is 0.181 e. The van der Waals surface area contributed by atoms with Crippen molar-refractivity contribution in [2.45, 2.75) is 27.7 Å². The monoisotopic (exact) mass is 309 g/mol. The molecule has 0 saturated carbocycles. The normalized spacial score (nSPS) is 7.86. The fraction of sp³-hybridized carbons (Fsp3) is 0.267. The first-order chi connectivity index (χ1) is 10.1. The Morgan fingerprint density at radius 1 is 1.29 bits per heavy atom. The second-order valence-corrected chi connectivity index (χ2v) is 3.78. The highest BCUT2D eigenvalue weighted by molar-refractivity contribution is 6.30. The number of aryl methyl sites for hydroxylation is 1. The number of hydrogen-bond donors (Lipinski definition) is 2. The van der Waals surface area contributed by atoms with Gasteiger partial charge in [0.1, 0.15) is 5.82 Å². The Kier molecular flexibility index (Phi) is 14.4. The lowest BCUT2D eigenvalue weighted by Gasteiger charge is -1.93. The molecule has 116 valence electrons. The summed E-state index contributed by atoms with van der Waals surface area (Å²) in [6, 6.07) is 7.43. The quantitative estimate of drug-likeness (QED) is 0.358. The number of hydrogen-bond acceptors (Lipinski definition) is 4. The summed E-state index contributed by atoms with van der Waals surface area (Å²) < 4.78 is 0. The molecule has 2 rings (SSSR count). The van der Waals surface area contributed by atoms with Crippen LogP contribution in [0.1, 0.15) is 26.6 Å². The molecule has 0 aliphatic rings. The zero-order valence-corrected chi connectivity index (χ0v) is 13.9. The molecule has 21 heavy (non-hydrogen) atoms. The van der Waals surface area contributed by atoms with Crippen LogP contribution in [0.15, 0.2) is 42.0 Å². The molecule has 1 aromatic heterocycles. The summed E-state index contributed by atoms with van der Waals surface area (Å²) in [5.41, 5.74) is 0.966. The molecule has 6 heteroatoms. The molecule has 0 unspecified atom stereocenters. The molecular weight excluding hydrogens is 286 g/mol. The maximum atomic E-state index is 5.76. The van der Waals surface area contributed by atoms with Crippen LogP contribution in [0.25, 0.3) is 11.4 Å². The first-order valence-corrected chi connectivity index (χ1v) is 6.84. The van der Waals surface area contributed by atoms with Crippen LogP contribution in [0.2, 0.25) is 5.02 Å². The van der Waals surface area contributed by atoms with E-state index in [0.717, 1.165) is 16.4 Å². The van der Waals surface area contributed by atoms with Crippen molar-refractivity contribution < 1.29 is 0 Å². The summed E-state index contributed by atoms with van der Waals surface area (Å²) in [5, 5.41) is 10.3. The van der Waals surface area contributed by atoms with E-state index in [1.165, 1.54) is 0 Å². The summed E-state index contributed by atoms with van der Waals surface area (Å²) in [6.45, 7) is 14.0. The van der Waals surface area contributed by atoms with Gasteiger partial charge in [0.25, 0.3) is 0 Å². The van der Waals surface area contributed by atoms with Gasteiger partial charge in [-0.3, -0.25) is 5.10 Å². The van der Waals surface area contributed by atoms with Crippen LogP contribution in [-0.4, -0.2) is 21.9 Å². The Morgan fingerprint density at radius 3 is 2.05 bits per heavy atom. The predicted molar refractivity (Wildman–Crippen MR) is 92.5 cm³/mol. The van der Waals surface area contributed by atoms with E-state index in [9.17, 15) is 0 Å². The van der Waals surface area contributed by atoms with E-state index in [-0.39, 0.29) is 0 Å². The van der Waals surface area contributed by atoms with E-state index in [1.807, 2.05) is 52.0 Å². The molecule has 0 amide bonds. The lowest BCUT2D eigenvalue weighted by Crippen LogP contribution is -1.79. The van der Waals surface area contributed by atoms with Gasteiger partial charge in [0.05, 0.1) is 0 Å². The van der Waals surface area contributed by atoms with E-state index in [2.05, 4.69) is 39.4 Å². The fourth-order valence-electron chi connectivity index (χ4n) is 1.07. The standard InChI is InChI=1S/C9H8ClN3.C3H6.C2H6.CH4N2/c1-6-11-9(13-12-6)7-2-4-8(10)5-3-7;1-3-2;1-2;1-3-2/h2-5H,1H3,(H,11,12,13);3H,1H2,2H3;1-2H3;1-2H2. The van der Waals surface area contributed by atoms with Gasteiger partial charge in [-0.2, -0.15) is 10.2 Å². The number of rotatable bonds is 1. The minimum Gasteiger partial charge on any atom is -0.324 e. The largest absolute Gasteiger partial charge is 0.324 e. The van der Waals surface area contributed by atoms with Crippen LogP contribution < -0.4 is 5.84 Å². The molecule has 5 nitrogen and oxygen atoms in total. The van der Waals surface area contributed by atoms with Crippen molar-refractivity contribution in [1.82, 2.24) is 15.2 Å². The van der Waals surface area contributed by atoms with E-state index in [4.69, 9.17) is 11.6 Å². The Hall–Kier alpha value is -2.14. The highest BCUT2D eigenvalue weighted by Crippen LogP contribution is 2.17. The van der Waals surface area contributed by atoms with Gasteiger partial charge in [-0.15, -0.1) is 6.58 Å². The van der Waals surface area contributed by atoms with E-state index in [0.29, 0.717) is 5.82 Å². The summed E-state index contributed by atoms with van der Waals surface area (Å²) in [4.78, 5) is 4.20. The first kappa shape index (κ1) is 21.2. The van der Waals surface area contributed by atoms with Crippen LogP contribution >= 0.6 is 11.6 Å². The number of hydrazone groups is 1. The molecule has 0 spiro atoms. The lowest BCUT2D eigenvalue weighted by atomic mass is 10.2. The zero-order valence-electron chi connectivity index (χ0n) is 13.1. The van der Waals surface area contributed by atoms with Gasteiger partial charge >= 0.3 is 0 Å². The zero-order chi connectivity index (χ0) is 16.7. The van der Waals surface area contributed by atoms with E-state index < -0.39 is 0 Å². The smallest absolute Gasteiger partial charge is 0.181 e. The van der Waals surface area contributed by atoms with Crippen molar-refractivity contribution in [2.75, 3.05) is 0 Å². The Labute approximate surface area is 131 Å². The van der Waals surface area contributed by atoms with Crippen LogP contribution in [-0.2, 0) is 0 Å². The summed E-state index contributed by atoms with van der Waals surface area (Å²) in [5.74, 6) is 5.87. The van der Waals surface area contributed by atoms with Gasteiger partial charge in [-0.25, -0.2) is 4.98 Å². The van der Waals surface area contributed by atoms with Crippen LogP contribution in [0.4, 0.5) is 0 Å². The summed E-state index contributed by atoms with van der Waals surface area (Å²) in [6.07, 6.45) is 1.75. The van der Waals surface area contributed by atoms with Gasteiger partial charge in [0.15, 0.2) is 5.82 Å². The highest BCUT2D eigenvalue weighted by atomic mass is 35.5. The molecular formula is C15H24ClN5. The minimum absolute atomic E-state index is 0.703. The number of halogens is 1. The number of nitrogens with two attached hydrogens (primary N) is 1. The topological polar surface area (TPSA) is 79.9 Å². The molecule has 0 atom stereocenters. The van der Waals surface area contributed by atoms with Crippen molar-refractivity contribution >= 4 is 18.3 Å². The van der Waals surface area contributed by atoms with Crippen LogP contribution in [0.3, 0.4) is 0 Å². The van der Waals surface area contributed by atoms with Crippen molar-refractivity contribution in [3.63, 3.8) is 0 Å². The highest BCUT2D eigenvalue weighted by Gasteiger charge is 2.01. The Balaban J connectivity index is 0. The van der Waals surface area contributed by atoms with Crippen LogP contribution in [0, 0.1) is 6.92 Å². The fourth-order valence-corrected chi connectivity index (χ4v) is 1.20. The predicted octanol–water partition coefficient (Wildman–Crippen LogP) is 4.21. The van der Waals surface area contributed by atoms with E-state index >= 15 is 0 Å². The molecule has 0 fully saturated rings. The lowest BCUT2D eigenvalue weighted by molar-refractivity contribution is 1.04. The second-order valence-electron chi connectivity index (χ2n) is 3.34. The third kappa shape index (κ3) is 10.3. The molecule has 0 aliphatic heterocycles. The van der Waals surface area contributed by atoms with Crippen molar-refractivity contribution in [3.8, 4) is 11.4 Å². The first-order valence-electron chi connectivity index (χ1n) is 6.46. The maximum absolute atomic E-state index is 5.76. The Bertz CT molecular complexity index is 485. The Morgan fingerprint density at radius 2 is 1.71 bits per heavy atom. The minimum atomic E-state index is 0.703. The van der Waals surface area contributed by atoms with Gasteiger partial charge in [0, 0.05) is 17.3 Å². The number of nitrogens with one attached hydrogen (secondary N) is 1. The third-order valence-corrected chi connectivity index (χ3v) is 1.95. The van der Waals surface area contributed by atoms with E-state index in [1.54, 1.807) is 6.08 Å². The molecule has 0 aliphatic carbocycles. The molecule has 1 heterocycles. The average Bonchev–Trinajstić information content (AvgIpc) is 2.90. The summed E-state index contributed by atoms with van der Waals surface area (Å²) >= 11 is 5.76. The summed E-state index contributed by atoms with van der Waals surface area (Å²) in [7, 11) is 0. The van der Waals surface area contributed by atoms with Gasteiger partial charge in [-0.05, 0) is 38.1 Å². The SMILES string of the molecule is C=CC.C=NN.CC.Cc1nc(-c2ccc(Cl)cc2)n[nH]1. The second kappa shape index (κ2) is 14.3. The number of allylic oxidation sites excluding steroid dienone is 1. The van der Waals surface area contributed by atoms with Crippen molar-refractivity contribution in [2.24, 2.45) is 10.9 Å². The number of H-pyrrole nitrogens is 1. The van der Waals surface area contributed by atoms with Crippen molar-refractivity contribution in [3.05, 3.63) is 47.8 Å². The molecule has 3 N–H and O–H groups in total. The molecule has 0 radical (unpaired) electrons. The van der Waals surface area contributed by atoms with Gasteiger partial charge < -0.3 is 5.84 Å². The number of aromatic amines is 1. The number of nitrogens with zero attached hydrogens (tertiary/aromatic N) is 3. The van der Waals surface area contributed by atoms with Gasteiger partial charge in [-0.1, -0.05) is 31.5 Å². The van der Waals surface area contributed by atoms with Crippen LogP contribution in [0.5, 0.6) is 0 Å². The third-order valence-electron chi connectivity index (χ3n) is 1.70.